The average Bonchev–Trinajstić information content (AvgIpc) is 2.95. The lowest BCUT2D eigenvalue weighted by Crippen LogP contribution is -2.25. The molecular formula is C13H24N2S. The van der Waals surface area contributed by atoms with Crippen LogP contribution in [0.1, 0.15) is 51.9 Å². The first-order valence-electron chi connectivity index (χ1n) is 6.82. The number of rotatable bonds is 5. The molecule has 1 saturated heterocycles. The van der Waals surface area contributed by atoms with Crippen molar-refractivity contribution in [3.8, 4) is 0 Å². The normalized spacial score (nSPS) is 28.8. The Balaban J connectivity index is 1.58. The molecule has 2 aliphatic rings. The summed E-state index contributed by atoms with van der Waals surface area (Å²) in [7, 11) is 0. The van der Waals surface area contributed by atoms with Crippen LogP contribution in [0, 0.1) is 5.92 Å². The van der Waals surface area contributed by atoms with Gasteiger partial charge in [-0.25, -0.2) is 0 Å². The van der Waals surface area contributed by atoms with Crippen LogP contribution >= 0.6 is 11.8 Å². The largest absolute Gasteiger partial charge is 0.361 e. The topological polar surface area (TPSA) is 24.4 Å². The Labute approximate surface area is 104 Å². The van der Waals surface area contributed by atoms with Crippen molar-refractivity contribution < 1.29 is 0 Å². The molecule has 1 heterocycles. The summed E-state index contributed by atoms with van der Waals surface area (Å²) >= 11 is 1.90. The lowest BCUT2D eigenvalue weighted by atomic mass is 10.0. The molecule has 0 aromatic carbocycles. The van der Waals surface area contributed by atoms with Gasteiger partial charge >= 0.3 is 0 Å². The van der Waals surface area contributed by atoms with Gasteiger partial charge in [-0.15, -0.1) is 0 Å². The minimum absolute atomic E-state index is 0.665. The quantitative estimate of drug-likeness (QED) is 0.745. The van der Waals surface area contributed by atoms with Gasteiger partial charge in [0.15, 0.2) is 5.17 Å². The number of thioether (sulfide) groups is 1. The summed E-state index contributed by atoms with van der Waals surface area (Å²) in [5.74, 6) is 2.23. The number of nitrogens with one attached hydrogen (secondary N) is 1. The molecule has 3 heteroatoms. The van der Waals surface area contributed by atoms with E-state index in [1.54, 1.807) is 0 Å². The molecule has 1 N–H and O–H groups in total. The molecule has 1 saturated carbocycles. The number of nitrogens with zero attached hydrogens (tertiary/aromatic N) is 1. The fraction of sp³-hybridized carbons (Fsp3) is 0.923. The Hall–Kier alpha value is -0.180. The summed E-state index contributed by atoms with van der Waals surface area (Å²) in [4.78, 5) is 4.65. The van der Waals surface area contributed by atoms with Crippen molar-refractivity contribution in [2.45, 2.75) is 57.9 Å². The highest BCUT2D eigenvalue weighted by Crippen LogP contribution is 2.28. The van der Waals surface area contributed by atoms with Gasteiger partial charge in [-0.2, -0.15) is 0 Å². The second-order valence-electron chi connectivity index (χ2n) is 5.04. The van der Waals surface area contributed by atoms with Crippen LogP contribution in [-0.4, -0.2) is 23.5 Å². The van der Waals surface area contributed by atoms with Gasteiger partial charge in [0.25, 0.3) is 0 Å². The highest BCUT2D eigenvalue weighted by molar-refractivity contribution is 8.14. The molecule has 92 valence electrons. The summed E-state index contributed by atoms with van der Waals surface area (Å²) in [5, 5.41) is 4.67. The molecule has 0 spiro atoms. The fourth-order valence-electron chi connectivity index (χ4n) is 2.61. The van der Waals surface area contributed by atoms with Crippen LogP contribution < -0.4 is 5.32 Å². The van der Waals surface area contributed by atoms with Crippen molar-refractivity contribution in [1.29, 1.82) is 0 Å². The minimum Gasteiger partial charge on any atom is -0.361 e. The fourth-order valence-corrected chi connectivity index (χ4v) is 3.72. The summed E-state index contributed by atoms with van der Waals surface area (Å²) in [6.07, 6.45) is 9.78. The lowest BCUT2D eigenvalue weighted by Gasteiger charge is -2.07. The molecule has 0 amide bonds. The summed E-state index contributed by atoms with van der Waals surface area (Å²) < 4.78 is 0. The van der Waals surface area contributed by atoms with Crippen molar-refractivity contribution in [3.63, 3.8) is 0 Å². The minimum atomic E-state index is 0.665. The van der Waals surface area contributed by atoms with Crippen LogP contribution in [0.4, 0.5) is 0 Å². The standard InChI is InChI=1S/C13H24N2S/c1-2-12-10-16-13(15-12)14-9-5-8-11-6-3-4-7-11/h11-12H,2-10H2,1H3,(H,14,15). The number of aliphatic imine (C=N–C) groups is 1. The Morgan fingerprint density at radius 1 is 1.38 bits per heavy atom. The van der Waals surface area contributed by atoms with Crippen LogP contribution in [0.5, 0.6) is 0 Å². The average molecular weight is 240 g/mol. The van der Waals surface area contributed by atoms with Gasteiger partial charge in [0.2, 0.25) is 0 Å². The maximum atomic E-state index is 4.65. The first-order valence-corrected chi connectivity index (χ1v) is 7.81. The van der Waals surface area contributed by atoms with Crippen LogP contribution in [0.2, 0.25) is 0 Å². The van der Waals surface area contributed by atoms with E-state index in [0.717, 1.165) is 12.5 Å². The van der Waals surface area contributed by atoms with Gasteiger partial charge in [-0.3, -0.25) is 4.99 Å². The van der Waals surface area contributed by atoms with Gasteiger partial charge in [-0.1, -0.05) is 44.4 Å². The summed E-state index contributed by atoms with van der Waals surface area (Å²) in [5.41, 5.74) is 0. The zero-order chi connectivity index (χ0) is 11.2. The maximum absolute atomic E-state index is 4.65. The highest BCUT2D eigenvalue weighted by atomic mass is 32.2. The molecule has 0 aromatic heterocycles. The summed E-state index contributed by atoms with van der Waals surface area (Å²) in [6, 6.07) is 0.665. The van der Waals surface area contributed by atoms with Crippen molar-refractivity contribution in [1.82, 2.24) is 5.32 Å². The van der Waals surface area contributed by atoms with Crippen LogP contribution in [-0.2, 0) is 0 Å². The van der Waals surface area contributed by atoms with Crippen molar-refractivity contribution in [3.05, 3.63) is 0 Å². The second kappa shape index (κ2) is 6.53. The van der Waals surface area contributed by atoms with Gasteiger partial charge in [-0.05, 0) is 25.2 Å². The third kappa shape index (κ3) is 3.69. The van der Waals surface area contributed by atoms with Gasteiger partial charge in [0.05, 0.1) is 0 Å². The molecule has 1 aliphatic carbocycles. The molecule has 0 aromatic rings. The first-order chi connectivity index (χ1) is 7.88. The van der Waals surface area contributed by atoms with Gasteiger partial charge in [0, 0.05) is 18.3 Å². The van der Waals surface area contributed by atoms with E-state index in [1.165, 1.54) is 55.9 Å². The van der Waals surface area contributed by atoms with Crippen LogP contribution in [0.15, 0.2) is 4.99 Å². The zero-order valence-corrected chi connectivity index (χ0v) is 11.2. The van der Waals surface area contributed by atoms with Gasteiger partial charge < -0.3 is 5.32 Å². The number of amidine groups is 1. The number of hydrogen-bond donors (Lipinski definition) is 1. The monoisotopic (exact) mass is 240 g/mol. The maximum Gasteiger partial charge on any atom is 0.156 e. The van der Waals surface area contributed by atoms with E-state index in [2.05, 4.69) is 17.2 Å². The van der Waals surface area contributed by atoms with Crippen molar-refractivity contribution in [2.24, 2.45) is 10.9 Å². The third-order valence-corrected chi connectivity index (χ3v) is 4.83. The van der Waals surface area contributed by atoms with Crippen molar-refractivity contribution in [2.75, 3.05) is 12.3 Å². The van der Waals surface area contributed by atoms with E-state index in [-0.39, 0.29) is 0 Å². The van der Waals surface area contributed by atoms with E-state index < -0.39 is 0 Å². The molecule has 0 radical (unpaired) electrons. The van der Waals surface area contributed by atoms with E-state index in [9.17, 15) is 0 Å². The van der Waals surface area contributed by atoms with Crippen LogP contribution in [0.25, 0.3) is 0 Å². The van der Waals surface area contributed by atoms with E-state index in [0.29, 0.717) is 6.04 Å². The molecule has 16 heavy (non-hydrogen) atoms. The Morgan fingerprint density at radius 2 is 2.19 bits per heavy atom. The predicted molar refractivity (Wildman–Crippen MR) is 73.2 cm³/mol. The zero-order valence-electron chi connectivity index (χ0n) is 10.4. The Morgan fingerprint density at radius 3 is 2.88 bits per heavy atom. The summed E-state index contributed by atoms with van der Waals surface area (Å²) in [6.45, 7) is 3.27. The van der Waals surface area contributed by atoms with E-state index in [1.807, 2.05) is 11.8 Å². The molecule has 1 atom stereocenters. The molecule has 2 rings (SSSR count). The van der Waals surface area contributed by atoms with E-state index >= 15 is 0 Å². The smallest absolute Gasteiger partial charge is 0.156 e. The highest BCUT2D eigenvalue weighted by Gasteiger charge is 2.18. The Kier molecular flexibility index (Phi) is 5.01. The molecular weight excluding hydrogens is 216 g/mol. The first kappa shape index (κ1) is 12.3. The second-order valence-corrected chi connectivity index (χ2v) is 6.05. The van der Waals surface area contributed by atoms with Crippen molar-refractivity contribution >= 4 is 16.9 Å². The molecule has 0 bridgehead atoms. The number of hydrogen-bond acceptors (Lipinski definition) is 2. The van der Waals surface area contributed by atoms with Crippen LogP contribution in [0.3, 0.4) is 0 Å². The SMILES string of the molecule is CCC1CSC(=NCCCC2CCCC2)N1. The Bertz CT molecular complexity index is 234. The van der Waals surface area contributed by atoms with E-state index in [4.69, 9.17) is 0 Å². The van der Waals surface area contributed by atoms with Gasteiger partial charge in [0.1, 0.15) is 0 Å². The molecule has 2 nitrogen and oxygen atoms in total. The third-order valence-electron chi connectivity index (χ3n) is 3.74. The lowest BCUT2D eigenvalue weighted by molar-refractivity contribution is 0.488. The predicted octanol–water partition coefficient (Wildman–Crippen LogP) is 3.43. The molecule has 1 unspecified atom stereocenters. The molecule has 2 fully saturated rings. The molecule has 1 aliphatic heterocycles.